The number of piperidine rings is 4. The van der Waals surface area contributed by atoms with Crippen molar-refractivity contribution >= 4 is 0 Å². The second kappa shape index (κ2) is 13.7. The summed E-state index contributed by atoms with van der Waals surface area (Å²) in [5.41, 5.74) is 0. The highest BCUT2D eigenvalue weighted by Gasteiger charge is 2.56. The van der Waals surface area contributed by atoms with Crippen LogP contribution in [0.5, 0.6) is 0 Å². The molecule has 0 aromatic heterocycles. The average molecular weight is 677 g/mol. The van der Waals surface area contributed by atoms with Gasteiger partial charge in [0.2, 0.25) is 0 Å². The number of rotatable bonds is 4. The molecule has 0 saturated carbocycles. The average Bonchev–Trinajstić information content (AvgIpc) is 3.85. The minimum absolute atomic E-state index is 0.0594. The van der Waals surface area contributed by atoms with Crippen molar-refractivity contribution < 1.29 is 18.9 Å². The van der Waals surface area contributed by atoms with Crippen LogP contribution in [0.25, 0.3) is 0 Å². The van der Waals surface area contributed by atoms with Crippen LogP contribution in [0, 0.1) is 23.7 Å². The molecule has 272 valence electrons. The Kier molecular flexibility index (Phi) is 9.50. The maximum absolute atomic E-state index is 5.86. The second-order valence-corrected chi connectivity index (χ2v) is 15.8. The van der Waals surface area contributed by atoms with Crippen LogP contribution in [0.3, 0.4) is 0 Å². The lowest BCUT2D eigenvalue weighted by atomic mass is 9.86. The van der Waals surface area contributed by atoms with Crippen LogP contribution in [0.1, 0.15) is 51.4 Å². The van der Waals surface area contributed by atoms with Crippen molar-refractivity contribution in [1.82, 2.24) is 63.8 Å². The lowest BCUT2D eigenvalue weighted by Crippen LogP contribution is -2.63. The van der Waals surface area contributed by atoms with E-state index in [9.17, 15) is 0 Å². The topological polar surface area (TPSA) is 181 Å². The molecule has 9 heterocycles. The first-order chi connectivity index (χ1) is 23.5. The van der Waals surface area contributed by atoms with Gasteiger partial charge in [-0.1, -0.05) is 0 Å². The quantitative estimate of drug-likeness (QED) is 0.143. The van der Waals surface area contributed by atoms with E-state index in [1.807, 2.05) is 28.4 Å². The van der Waals surface area contributed by atoms with E-state index in [1.165, 1.54) is 0 Å². The molecule has 9 fully saturated rings. The van der Waals surface area contributed by atoms with E-state index in [2.05, 4.69) is 63.8 Å². The van der Waals surface area contributed by atoms with Crippen LogP contribution >= 0.6 is 0 Å². The zero-order chi connectivity index (χ0) is 32.5. The monoisotopic (exact) mass is 676 g/mol. The Hall–Kier alpha value is -0.640. The van der Waals surface area contributed by atoms with Crippen molar-refractivity contribution in [3.8, 4) is 0 Å². The van der Waals surface area contributed by atoms with E-state index < -0.39 is 0 Å². The molecule has 9 aliphatic heterocycles. The van der Waals surface area contributed by atoms with Gasteiger partial charge in [-0.2, -0.15) is 0 Å². The predicted molar refractivity (Wildman–Crippen MR) is 177 cm³/mol. The molecule has 0 amide bonds. The summed E-state index contributed by atoms with van der Waals surface area (Å²) in [5.74, 6) is 1.62. The van der Waals surface area contributed by atoms with Gasteiger partial charge >= 0.3 is 0 Å². The first-order valence-corrected chi connectivity index (χ1v) is 18.8. The number of nitrogens with one attached hydrogen (secondary N) is 12. The predicted octanol–water partition coefficient (Wildman–Crippen LogP) is -3.26. The molecule has 12 N–H and O–H groups in total. The van der Waals surface area contributed by atoms with Gasteiger partial charge in [0.05, 0.1) is 49.3 Å². The molecule has 48 heavy (non-hydrogen) atoms. The third kappa shape index (κ3) is 5.87. The molecule has 9 rings (SSSR count). The van der Waals surface area contributed by atoms with Gasteiger partial charge < -0.3 is 18.9 Å². The maximum Gasteiger partial charge on any atom is 0.108 e. The third-order valence-electron chi connectivity index (χ3n) is 13.6. The highest BCUT2D eigenvalue weighted by molar-refractivity contribution is 5.13. The Morgan fingerprint density at radius 3 is 0.667 bits per heavy atom. The van der Waals surface area contributed by atoms with Crippen LogP contribution in [-0.4, -0.2) is 127 Å². The summed E-state index contributed by atoms with van der Waals surface area (Å²) in [6.45, 7) is 0. The summed E-state index contributed by atoms with van der Waals surface area (Å²) in [6, 6.07) is 0.908. The van der Waals surface area contributed by atoms with Gasteiger partial charge in [0, 0.05) is 76.3 Å². The van der Waals surface area contributed by atoms with E-state index in [-0.39, 0.29) is 98.4 Å². The van der Waals surface area contributed by atoms with Crippen molar-refractivity contribution in [2.45, 2.75) is 150 Å². The maximum atomic E-state index is 5.86. The Morgan fingerprint density at radius 1 is 0.271 bits per heavy atom. The van der Waals surface area contributed by atoms with Crippen LogP contribution < -0.4 is 63.8 Å². The van der Waals surface area contributed by atoms with E-state index >= 15 is 0 Å². The zero-order valence-electron chi connectivity index (χ0n) is 28.8. The summed E-state index contributed by atoms with van der Waals surface area (Å²) >= 11 is 0. The molecular weight excluding hydrogens is 616 g/mol. The van der Waals surface area contributed by atoms with Crippen LogP contribution in [0.2, 0.25) is 0 Å². The minimum Gasteiger partial charge on any atom is -0.367 e. The first-order valence-electron chi connectivity index (χ1n) is 18.8. The van der Waals surface area contributed by atoms with Crippen molar-refractivity contribution in [2.24, 2.45) is 23.7 Å². The number of methoxy groups -OCH3 is 4. The Balaban J connectivity index is 1.05. The Labute approximate surface area is 284 Å². The molecule has 9 saturated heterocycles. The van der Waals surface area contributed by atoms with Crippen molar-refractivity contribution in [3.05, 3.63) is 0 Å². The number of ether oxygens (including phenoxy) is 4. The van der Waals surface area contributed by atoms with Gasteiger partial charge in [-0.15, -0.1) is 0 Å². The molecular formula is C32H60N12O4. The summed E-state index contributed by atoms with van der Waals surface area (Å²) in [7, 11) is 7.28. The third-order valence-corrected chi connectivity index (χ3v) is 13.6. The van der Waals surface area contributed by atoms with E-state index in [4.69, 9.17) is 18.9 Å². The number of hydrogen-bond acceptors (Lipinski definition) is 16. The van der Waals surface area contributed by atoms with Crippen LogP contribution in [0.15, 0.2) is 0 Å². The normalized spacial score (nSPS) is 56.2. The fourth-order valence-corrected chi connectivity index (χ4v) is 11.1. The Morgan fingerprint density at radius 2 is 0.479 bits per heavy atom. The van der Waals surface area contributed by atoms with Crippen LogP contribution in [-0.2, 0) is 18.9 Å². The first kappa shape index (κ1) is 33.2. The smallest absolute Gasteiger partial charge is 0.108 e. The molecule has 0 aromatic rings. The molecule has 16 nitrogen and oxygen atoms in total. The number of hydrogen-bond donors (Lipinski definition) is 12. The van der Waals surface area contributed by atoms with Gasteiger partial charge in [0.25, 0.3) is 0 Å². The summed E-state index contributed by atoms with van der Waals surface area (Å²) in [4.78, 5) is 0. The van der Waals surface area contributed by atoms with Crippen molar-refractivity contribution in [3.63, 3.8) is 0 Å². The van der Waals surface area contributed by atoms with Crippen molar-refractivity contribution in [1.29, 1.82) is 0 Å². The standard InChI is InChI=1S/C32H60N12O4/c1-45-17-9-5-13-21(33-17)29-37-25(13)42-30-23-15(7-11-19(35-23)47-3)27(39-30)44-32-24-16(8-12-20(36-24)48-4)28(40-32)43-31-22-14(26(38-31)41-29)6-10-18(34-22)46-2/h13-44H,5-12H2,1-4H3. The molecule has 0 radical (unpaired) electrons. The molecule has 16 heteroatoms. The lowest BCUT2D eigenvalue weighted by molar-refractivity contribution is 0.00714. The highest BCUT2D eigenvalue weighted by atomic mass is 16.5. The van der Waals surface area contributed by atoms with Gasteiger partial charge in [-0.25, -0.2) is 0 Å². The lowest BCUT2D eigenvalue weighted by Gasteiger charge is -2.39. The fraction of sp³-hybridized carbons (Fsp3) is 1.00. The minimum atomic E-state index is 0.0594. The van der Waals surface area contributed by atoms with Gasteiger partial charge in [-0.3, -0.25) is 63.8 Å². The van der Waals surface area contributed by atoms with Gasteiger partial charge in [-0.05, 0) is 51.4 Å². The fourth-order valence-electron chi connectivity index (χ4n) is 11.1. The molecule has 0 aliphatic carbocycles. The summed E-state index contributed by atoms with van der Waals surface area (Å²) in [6.07, 6.45) is 9.35. The molecule has 12 unspecified atom stereocenters. The Bertz CT molecular complexity index is 963. The second-order valence-electron chi connectivity index (χ2n) is 15.8. The van der Waals surface area contributed by atoms with E-state index in [0.29, 0.717) is 23.7 Å². The molecule has 8 bridgehead atoms. The summed E-state index contributed by atoms with van der Waals surface area (Å²) < 4.78 is 23.4. The largest absolute Gasteiger partial charge is 0.367 e. The van der Waals surface area contributed by atoms with E-state index in [0.717, 1.165) is 51.4 Å². The van der Waals surface area contributed by atoms with Gasteiger partial charge in [0.1, 0.15) is 24.9 Å². The van der Waals surface area contributed by atoms with E-state index in [1.54, 1.807) is 0 Å². The van der Waals surface area contributed by atoms with Crippen molar-refractivity contribution in [2.75, 3.05) is 28.4 Å². The molecule has 0 aromatic carbocycles. The zero-order valence-corrected chi connectivity index (χ0v) is 28.8. The SMILES string of the molecule is COC1CCC2C3NC(NC4NC(NC5NC(NC6NC(N3)C3NC(OC)CCC63)C3NC(OC)CCC53)C3NC(OC)CCC43)C2N1. The molecule has 12 atom stereocenters. The van der Waals surface area contributed by atoms with Crippen LogP contribution in [0.4, 0.5) is 0 Å². The number of fused-ring (bicyclic) bond motifs is 20. The highest BCUT2D eigenvalue weighted by Crippen LogP contribution is 2.37. The van der Waals surface area contributed by atoms with Gasteiger partial charge in [0.15, 0.2) is 0 Å². The molecule has 0 spiro atoms. The molecule has 9 aliphatic rings. The summed E-state index contributed by atoms with van der Waals surface area (Å²) in [5, 5.41) is 48.1.